The average Bonchev–Trinajstić information content (AvgIpc) is 2.88. The van der Waals surface area contributed by atoms with Gasteiger partial charge in [0.2, 0.25) is 5.91 Å². The fourth-order valence-corrected chi connectivity index (χ4v) is 3.29. The Hall–Kier alpha value is -4.58. The lowest BCUT2D eigenvalue weighted by molar-refractivity contribution is -0.114. The molecule has 6 heteroatoms. The van der Waals surface area contributed by atoms with Crippen LogP contribution < -0.4 is 20.7 Å². The molecule has 0 bridgehead atoms. The average molecular weight is 452 g/mol. The van der Waals surface area contributed by atoms with Crippen LogP contribution in [0.3, 0.4) is 0 Å². The van der Waals surface area contributed by atoms with Gasteiger partial charge in [0.05, 0.1) is 6.54 Å². The highest BCUT2D eigenvalue weighted by molar-refractivity contribution is 6.04. The smallest absolute Gasteiger partial charge is 0.255 e. The van der Waals surface area contributed by atoms with Crippen LogP contribution in [-0.4, -0.2) is 18.4 Å². The first-order valence-corrected chi connectivity index (χ1v) is 10.9. The number of hydrogen-bond donors (Lipinski definition) is 3. The molecule has 0 unspecified atom stereocenters. The predicted molar refractivity (Wildman–Crippen MR) is 135 cm³/mol. The van der Waals surface area contributed by atoms with E-state index in [4.69, 9.17) is 4.74 Å². The van der Waals surface area contributed by atoms with E-state index in [9.17, 15) is 9.59 Å². The Labute approximate surface area is 198 Å². The maximum Gasteiger partial charge on any atom is 0.255 e. The van der Waals surface area contributed by atoms with E-state index in [1.165, 1.54) is 0 Å². The summed E-state index contributed by atoms with van der Waals surface area (Å²) in [4.78, 5) is 24.8. The van der Waals surface area contributed by atoms with Gasteiger partial charge in [-0.15, -0.1) is 0 Å². The quantitative estimate of drug-likeness (QED) is 0.311. The van der Waals surface area contributed by atoms with Crippen molar-refractivity contribution in [3.05, 3.63) is 120 Å². The number of carbonyl (C=O) groups excluding carboxylic acids is 2. The Kier molecular flexibility index (Phi) is 7.54. The first-order chi connectivity index (χ1) is 16.7. The topological polar surface area (TPSA) is 79.5 Å². The van der Waals surface area contributed by atoms with Crippen LogP contribution >= 0.6 is 0 Å². The SMILES string of the molecule is O=C(CNc1cccc(OCc2ccccc2)c1)Nc1cccc(NC(=O)c2ccccc2)c1. The Balaban J connectivity index is 1.28. The molecule has 2 amide bonds. The van der Waals surface area contributed by atoms with E-state index in [-0.39, 0.29) is 18.4 Å². The van der Waals surface area contributed by atoms with E-state index in [2.05, 4.69) is 16.0 Å². The zero-order valence-electron chi connectivity index (χ0n) is 18.5. The minimum absolute atomic E-state index is 0.0861. The number of ether oxygens (including phenoxy) is 1. The highest BCUT2D eigenvalue weighted by atomic mass is 16.5. The largest absolute Gasteiger partial charge is 0.489 e. The number of nitrogens with one attached hydrogen (secondary N) is 3. The molecule has 0 aliphatic carbocycles. The van der Waals surface area contributed by atoms with Crippen molar-refractivity contribution in [1.82, 2.24) is 0 Å². The third-order valence-electron chi connectivity index (χ3n) is 4.98. The highest BCUT2D eigenvalue weighted by Crippen LogP contribution is 2.19. The van der Waals surface area contributed by atoms with Crippen molar-refractivity contribution < 1.29 is 14.3 Å². The molecule has 6 nitrogen and oxygen atoms in total. The van der Waals surface area contributed by atoms with E-state index in [1.54, 1.807) is 36.4 Å². The van der Waals surface area contributed by atoms with Gasteiger partial charge in [-0.25, -0.2) is 0 Å². The van der Waals surface area contributed by atoms with Gasteiger partial charge in [0.1, 0.15) is 12.4 Å². The van der Waals surface area contributed by atoms with Crippen LogP contribution in [0.25, 0.3) is 0 Å². The van der Waals surface area contributed by atoms with Crippen LogP contribution in [0.2, 0.25) is 0 Å². The van der Waals surface area contributed by atoms with Gasteiger partial charge in [-0.05, 0) is 48.0 Å². The van der Waals surface area contributed by atoms with Crippen molar-refractivity contribution in [3.63, 3.8) is 0 Å². The van der Waals surface area contributed by atoms with E-state index >= 15 is 0 Å². The van der Waals surface area contributed by atoms with Gasteiger partial charge in [-0.1, -0.05) is 60.7 Å². The summed E-state index contributed by atoms with van der Waals surface area (Å²) in [6.45, 7) is 0.560. The fraction of sp³-hybridized carbons (Fsp3) is 0.0714. The summed E-state index contributed by atoms with van der Waals surface area (Å²) in [5.41, 5.74) is 3.63. The van der Waals surface area contributed by atoms with Crippen molar-refractivity contribution in [1.29, 1.82) is 0 Å². The molecule has 3 N–H and O–H groups in total. The molecule has 4 rings (SSSR count). The summed E-state index contributed by atoms with van der Waals surface area (Å²) in [7, 11) is 0. The van der Waals surface area contributed by atoms with Crippen molar-refractivity contribution in [3.8, 4) is 5.75 Å². The molecule has 0 saturated carbocycles. The van der Waals surface area contributed by atoms with Crippen LogP contribution in [0.5, 0.6) is 5.75 Å². The lowest BCUT2D eigenvalue weighted by Gasteiger charge is -2.11. The maximum absolute atomic E-state index is 12.4. The van der Waals surface area contributed by atoms with Gasteiger partial charge in [-0.3, -0.25) is 9.59 Å². The van der Waals surface area contributed by atoms with Crippen LogP contribution in [0.1, 0.15) is 15.9 Å². The summed E-state index contributed by atoms with van der Waals surface area (Å²) in [5, 5.41) is 8.79. The van der Waals surface area contributed by atoms with Crippen molar-refractivity contribution in [2.24, 2.45) is 0 Å². The van der Waals surface area contributed by atoms with Crippen molar-refractivity contribution in [2.45, 2.75) is 6.61 Å². The molecule has 0 aliphatic heterocycles. The first-order valence-electron chi connectivity index (χ1n) is 10.9. The third kappa shape index (κ3) is 6.71. The minimum atomic E-state index is -0.208. The zero-order valence-corrected chi connectivity index (χ0v) is 18.5. The Morgan fingerprint density at radius 3 is 2.06 bits per heavy atom. The molecule has 0 atom stereocenters. The van der Waals surface area contributed by atoms with Crippen molar-refractivity contribution >= 4 is 28.9 Å². The molecule has 0 spiro atoms. The highest BCUT2D eigenvalue weighted by Gasteiger charge is 2.07. The van der Waals surface area contributed by atoms with E-state index in [0.29, 0.717) is 23.5 Å². The summed E-state index contributed by atoms with van der Waals surface area (Å²) in [6, 6.07) is 33.4. The molecule has 170 valence electrons. The predicted octanol–water partition coefficient (Wildman–Crippen LogP) is 5.57. The van der Waals surface area contributed by atoms with Crippen LogP contribution in [0, 0.1) is 0 Å². The van der Waals surface area contributed by atoms with Crippen molar-refractivity contribution in [2.75, 3.05) is 22.5 Å². The minimum Gasteiger partial charge on any atom is -0.489 e. The van der Waals surface area contributed by atoms with Gasteiger partial charge >= 0.3 is 0 Å². The second-order valence-corrected chi connectivity index (χ2v) is 7.60. The number of carbonyl (C=O) groups is 2. The number of amides is 2. The number of hydrogen-bond acceptors (Lipinski definition) is 4. The van der Waals surface area contributed by atoms with Gasteiger partial charge in [0.25, 0.3) is 5.91 Å². The Morgan fingerprint density at radius 2 is 1.29 bits per heavy atom. The number of anilines is 3. The molecular formula is C28H25N3O3. The summed E-state index contributed by atoms with van der Waals surface area (Å²) in [5.74, 6) is 0.304. The zero-order chi connectivity index (χ0) is 23.6. The number of benzene rings is 4. The molecule has 0 fully saturated rings. The van der Waals surface area contributed by atoms with Gasteiger partial charge in [0, 0.05) is 28.7 Å². The van der Waals surface area contributed by atoms with Gasteiger partial charge in [-0.2, -0.15) is 0 Å². The van der Waals surface area contributed by atoms with E-state index < -0.39 is 0 Å². The van der Waals surface area contributed by atoms with Crippen LogP contribution in [-0.2, 0) is 11.4 Å². The first kappa shape index (κ1) is 22.6. The summed E-state index contributed by atoms with van der Waals surface area (Å²) >= 11 is 0. The van der Waals surface area contributed by atoms with Crippen LogP contribution in [0.15, 0.2) is 109 Å². The Morgan fingerprint density at radius 1 is 0.647 bits per heavy atom. The second kappa shape index (κ2) is 11.3. The second-order valence-electron chi connectivity index (χ2n) is 7.60. The molecule has 0 heterocycles. The fourth-order valence-electron chi connectivity index (χ4n) is 3.29. The van der Waals surface area contributed by atoms with Gasteiger partial charge in [0.15, 0.2) is 0 Å². The van der Waals surface area contributed by atoms with E-state index in [1.807, 2.05) is 72.8 Å². The molecule has 4 aromatic carbocycles. The molecule has 0 radical (unpaired) electrons. The third-order valence-corrected chi connectivity index (χ3v) is 4.98. The maximum atomic E-state index is 12.4. The molecule has 4 aromatic rings. The molecule has 0 saturated heterocycles. The normalized spacial score (nSPS) is 10.2. The molecular weight excluding hydrogens is 426 g/mol. The molecule has 34 heavy (non-hydrogen) atoms. The van der Waals surface area contributed by atoms with E-state index in [0.717, 1.165) is 17.0 Å². The molecule has 0 aromatic heterocycles. The standard InChI is InChI=1S/C28H25N3O3/c32-27(19-29-23-13-8-16-26(18-23)34-20-21-9-3-1-4-10-21)30-24-14-7-15-25(17-24)31-28(33)22-11-5-2-6-12-22/h1-18,29H,19-20H2,(H,30,32)(H,31,33). The number of rotatable bonds is 9. The monoisotopic (exact) mass is 451 g/mol. The summed E-state index contributed by atoms with van der Waals surface area (Å²) < 4.78 is 5.84. The van der Waals surface area contributed by atoms with Crippen LogP contribution in [0.4, 0.5) is 17.1 Å². The summed E-state index contributed by atoms with van der Waals surface area (Å²) in [6.07, 6.45) is 0. The Bertz CT molecular complexity index is 1240. The lowest BCUT2D eigenvalue weighted by atomic mass is 10.2. The molecule has 0 aliphatic rings. The lowest BCUT2D eigenvalue weighted by Crippen LogP contribution is -2.21. The van der Waals surface area contributed by atoms with Gasteiger partial charge < -0.3 is 20.7 Å².